The van der Waals surface area contributed by atoms with Gasteiger partial charge in [0, 0.05) is 29.7 Å². The Morgan fingerprint density at radius 1 is 0.784 bits per heavy atom. The Hall–Kier alpha value is -3.82. The first-order valence-corrected chi connectivity index (χ1v) is 12.6. The lowest BCUT2D eigenvalue weighted by Gasteiger charge is -2.24. The molecule has 1 atom stereocenters. The second-order valence-corrected chi connectivity index (χ2v) is 9.54. The first-order chi connectivity index (χ1) is 18.0. The molecule has 0 fully saturated rings. The zero-order valence-corrected chi connectivity index (χ0v) is 21.8. The number of aryl methyl sites for hydroxylation is 3. The number of rotatable bonds is 10. The lowest BCUT2D eigenvalue weighted by atomic mass is 10.1. The molecule has 0 bridgehead atoms. The fourth-order valence-corrected chi connectivity index (χ4v) is 4.22. The molecule has 3 aromatic heterocycles. The summed E-state index contributed by atoms with van der Waals surface area (Å²) in [5, 5.41) is 12.8. The molecule has 0 amide bonds. The van der Waals surface area contributed by atoms with Crippen LogP contribution in [0.5, 0.6) is 0 Å². The topological polar surface area (TPSA) is 98.9 Å². The van der Waals surface area contributed by atoms with Crippen LogP contribution in [-0.4, -0.2) is 47.4 Å². The molecule has 3 heterocycles. The highest BCUT2D eigenvalue weighted by molar-refractivity contribution is 6.18. The van der Waals surface area contributed by atoms with Gasteiger partial charge in [0.15, 0.2) is 0 Å². The van der Waals surface area contributed by atoms with Gasteiger partial charge in [0.25, 0.3) is 0 Å². The number of halogens is 1. The summed E-state index contributed by atoms with van der Waals surface area (Å²) in [5.41, 5.74) is 5.21. The zero-order valence-electron chi connectivity index (χ0n) is 21.0. The van der Waals surface area contributed by atoms with Crippen LogP contribution in [0.1, 0.15) is 34.5 Å². The zero-order chi connectivity index (χ0) is 25.8. The summed E-state index contributed by atoms with van der Waals surface area (Å²) in [6, 6.07) is 16.0. The highest BCUT2D eigenvalue weighted by Gasteiger charge is 2.22. The summed E-state index contributed by atoms with van der Waals surface area (Å²) in [6.45, 7) is 7.42. The second-order valence-electron chi connectivity index (χ2n) is 9.23. The third kappa shape index (κ3) is 6.12. The molecule has 2 aromatic carbocycles. The fourth-order valence-electron chi connectivity index (χ4n) is 3.98. The van der Waals surface area contributed by atoms with Crippen molar-refractivity contribution in [3.05, 3.63) is 89.4 Å². The van der Waals surface area contributed by atoms with E-state index in [9.17, 15) is 0 Å². The largest absolute Gasteiger partial charge is 0.338 e. The van der Waals surface area contributed by atoms with Crippen molar-refractivity contribution in [1.29, 1.82) is 0 Å². The SMILES string of the molecule is Cc1ccc(-c2noc(CN(Cc3nc(-c4ccc(C)cc4)no3)CC(CCl)n3cc(C)cn3)n2)cc1. The van der Waals surface area contributed by atoms with Crippen molar-refractivity contribution in [2.45, 2.75) is 39.9 Å². The van der Waals surface area contributed by atoms with Crippen molar-refractivity contribution in [3.8, 4) is 22.8 Å². The Morgan fingerprint density at radius 3 is 1.73 bits per heavy atom. The van der Waals surface area contributed by atoms with Crippen LogP contribution in [-0.2, 0) is 13.1 Å². The number of alkyl halides is 1. The maximum atomic E-state index is 6.36. The summed E-state index contributed by atoms with van der Waals surface area (Å²) in [5.74, 6) is 2.45. The molecule has 5 aromatic rings. The molecule has 0 saturated carbocycles. The standard InChI is InChI=1S/C27H28ClN7O2/c1-18-4-8-21(9-5-18)26-30-24(36-32-26)16-34(15-23(12-28)35-14-20(3)13-29-35)17-25-31-27(33-37-25)22-10-6-19(2)7-11-22/h4-11,13-14,23H,12,15-17H2,1-3H3. The summed E-state index contributed by atoms with van der Waals surface area (Å²) >= 11 is 6.36. The minimum Gasteiger partial charge on any atom is -0.338 e. The molecule has 1 unspecified atom stereocenters. The van der Waals surface area contributed by atoms with E-state index in [-0.39, 0.29) is 6.04 Å². The van der Waals surface area contributed by atoms with Gasteiger partial charge in [-0.05, 0) is 26.3 Å². The van der Waals surface area contributed by atoms with Gasteiger partial charge in [-0.15, -0.1) is 11.6 Å². The number of hydrogen-bond acceptors (Lipinski definition) is 8. The summed E-state index contributed by atoms with van der Waals surface area (Å²) in [6.07, 6.45) is 3.80. The Bertz CT molecular complexity index is 1350. The third-order valence-electron chi connectivity index (χ3n) is 6.03. The number of aromatic nitrogens is 6. The smallest absolute Gasteiger partial charge is 0.241 e. The molecule has 190 valence electrons. The lowest BCUT2D eigenvalue weighted by Crippen LogP contribution is -2.31. The van der Waals surface area contributed by atoms with Crippen molar-refractivity contribution >= 4 is 11.6 Å². The third-order valence-corrected chi connectivity index (χ3v) is 6.38. The molecule has 0 saturated heterocycles. The monoisotopic (exact) mass is 517 g/mol. The first kappa shape index (κ1) is 24.9. The van der Waals surface area contributed by atoms with Crippen molar-refractivity contribution in [2.24, 2.45) is 0 Å². The maximum absolute atomic E-state index is 6.36. The molecular formula is C27H28ClN7O2. The molecule has 9 nitrogen and oxygen atoms in total. The molecular weight excluding hydrogens is 490 g/mol. The van der Waals surface area contributed by atoms with E-state index < -0.39 is 0 Å². The average Bonchev–Trinajstić information content (AvgIpc) is 3.65. The fraction of sp³-hybridized carbons (Fsp3) is 0.296. The van der Waals surface area contributed by atoms with Gasteiger partial charge in [-0.2, -0.15) is 15.1 Å². The van der Waals surface area contributed by atoms with Crippen LogP contribution in [0.15, 0.2) is 70.0 Å². The van der Waals surface area contributed by atoms with E-state index in [2.05, 4.69) is 30.3 Å². The van der Waals surface area contributed by atoms with E-state index in [1.807, 2.05) is 86.4 Å². The molecule has 0 radical (unpaired) electrons. The van der Waals surface area contributed by atoms with E-state index >= 15 is 0 Å². The van der Waals surface area contributed by atoms with Gasteiger partial charge in [-0.1, -0.05) is 70.0 Å². The van der Waals surface area contributed by atoms with Crippen LogP contribution in [0.25, 0.3) is 22.8 Å². The predicted octanol–water partition coefficient (Wildman–Crippen LogP) is 5.39. The van der Waals surface area contributed by atoms with Gasteiger partial charge < -0.3 is 9.05 Å². The predicted molar refractivity (Wildman–Crippen MR) is 140 cm³/mol. The van der Waals surface area contributed by atoms with Gasteiger partial charge in [-0.3, -0.25) is 9.58 Å². The molecule has 0 aliphatic heterocycles. The molecule has 10 heteroatoms. The Morgan fingerprint density at radius 2 is 1.30 bits per heavy atom. The normalized spacial score (nSPS) is 12.4. The van der Waals surface area contributed by atoms with E-state index in [1.54, 1.807) is 0 Å². The van der Waals surface area contributed by atoms with Crippen molar-refractivity contribution < 1.29 is 9.05 Å². The second kappa shape index (κ2) is 11.1. The maximum Gasteiger partial charge on any atom is 0.241 e. The van der Waals surface area contributed by atoms with Gasteiger partial charge in [0.1, 0.15) is 0 Å². The number of benzene rings is 2. The van der Waals surface area contributed by atoms with E-state index in [0.717, 1.165) is 16.7 Å². The molecule has 0 N–H and O–H groups in total. The van der Waals surface area contributed by atoms with Crippen LogP contribution in [0.2, 0.25) is 0 Å². The Labute approximate surface area is 220 Å². The highest BCUT2D eigenvalue weighted by atomic mass is 35.5. The van der Waals surface area contributed by atoms with E-state index in [0.29, 0.717) is 48.9 Å². The average molecular weight is 518 g/mol. The summed E-state index contributed by atoms with van der Waals surface area (Å²) in [7, 11) is 0. The molecule has 0 aliphatic carbocycles. The van der Waals surface area contributed by atoms with Crippen molar-refractivity contribution in [1.82, 2.24) is 35.0 Å². The van der Waals surface area contributed by atoms with Crippen LogP contribution < -0.4 is 0 Å². The van der Waals surface area contributed by atoms with E-state index in [1.165, 1.54) is 11.1 Å². The number of nitrogens with zero attached hydrogens (tertiary/aromatic N) is 7. The molecule has 0 spiro atoms. The molecule has 5 rings (SSSR count). The molecule has 0 aliphatic rings. The lowest BCUT2D eigenvalue weighted by molar-refractivity contribution is 0.170. The Balaban J connectivity index is 1.37. The van der Waals surface area contributed by atoms with Gasteiger partial charge in [-0.25, -0.2) is 0 Å². The summed E-state index contributed by atoms with van der Waals surface area (Å²) in [4.78, 5) is 11.3. The minimum atomic E-state index is -0.0747. The van der Waals surface area contributed by atoms with Gasteiger partial charge in [0.05, 0.1) is 25.3 Å². The van der Waals surface area contributed by atoms with Crippen LogP contribution in [0, 0.1) is 20.8 Å². The van der Waals surface area contributed by atoms with Gasteiger partial charge in [0.2, 0.25) is 23.4 Å². The summed E-state index contributed by atoms with van der Waals surface area (Å²) < 4.78 is 13.1. The van der Waals surface area contributed by atoms with Crippen LogP contribution >= 0.6 is 11.6 Å². The van der Waals surface area contributed by atoms with Crippen LogP contribution in [0.4, 0.5) is 0 Å². The van der Waals surface area contributed by atoms with E-state index in [4.69, 9.17) is 20.6 Å². The quantitative estimate of drug-likeness (QED) is 0.227. The van der Waals surface area contributed by atoms with Crippen molar-refractivity contribution in [3.63, 3.8) is 0 Å². The minimum absolute atomic E-state index is 0.0747. The highest BCUT2D eigenvalue weighted by Crippen LogP contribution is 2.21. The number of hydrogen-bond donors (Lipinski definition) is 0. The Kier molecular flexibility index (Phi) is 7.43. The van der Waals surface area contributed by atoms with Crippen LogP contribution in [0.3, 0.4) is 0 Å². The molecule has 37 heavy (non-hydrogen) atoms. The van der Waals surface area contributed by atoms with Gasteiger partial charge >= 0.3 is 0 Å². The first-order valence-electron chi connectivity index (χ1n) is 12.0. The van der Waals surface area contributed by atoms with Crippen molar-refractivity contribution in [2.75, 3.05) is 12.4 Å².